The summed E-state index contributed by atoms with van der Waals surface area (Å²) in [7, 11) is 0. The van der Waals surface area contributed by atoms with Crippen molar-refractivity contribution in [3.8, 4) is 0 Å². The van der Waals surface area contributed by atoms with Crippen molar-refractivity contribution in [3.63, 3.8) is 0 Å². The second kappa shape index (κ2) is 22.1. The first-order chi connectivity index (χ1) is 15.8. The summed E-state index contributed by atoms with van der Waals surface area (Å²) in [5, 5.41) is 45.9. The van der Waals surface area contributed by atoms with E-state index in [-0.39, 0.29) is 66.3 Å². The van der Waals surface area contributed by atoms with Gasteiger partial charge in [-0.15, -0.1) is 0 Å². The Morgan fingerprint density at radius 2 is 0.944 bits per heavy atom. The third kappa shape index (κ3) is 19.2. The zero-order valence-electron chi connectivity index (χ0n) is 20.6. The molecule has 0 radical (unpaired) electrons. The van der Waals surface area contributed by atoms with Crippen LogP contribution < -0.4 is 42.5 Å². The Hall–Kier alpha value is -0.903. The first-order valence-electron chi connectivity index (χ1n) is 11.7. The number of carboxylic acid groups (broad SMARTS) is 4. The van der Waals surface area contributed by atoms with Crippen molar-refractivity contribution in [1.82, 2.24) is 10.6 Å². The molecule has 0 aromatic heterocycles. The van der Waals surface area contributed by atoms with Gasteiger partial charge in [0, 0.05) is 48.2 Å². The van der Waals surface area contributed by atoms with Crippen LogP contribution in [0.15, 0.2) is 0 Å². The van der Waals surface area contributed by atoms with Gasteiger partial charge in [0.25, 0.3) is 0 Å². The van der Waals surface area contributed by atoms with E-state index >= 15 is 0 Å². The summed E-state index contributed by atoms with van der Waals surface area (Å²) >= 11 is 0. The molecule has 2 fully saturated rings. The maximum absolute atomic E-state index is 10.5. The average molecular weight is 877 g/mol. The molecule has 0 saturated heterocycles. The summed E-state index contributed by atoms with van der Waals surface area (Å²) in [6.45, 7) is 3.19. The monoisotopic (exact) mass is 876 g/mol. The van der Waals surface area contributed by atoms with Crippen LogP contribution in [0.1, 0.15) is 78.1 Å². The summed E-state index contributed by atoms with van der Waals surface area (Å²) in [5.74, 6) is -4.85. The van der Waals surface area contributed by atoms with Crippen LogP contribution in [0, 0.1) is 0 Å². The van der Waals surface area contributed by atoms with Crippen LogP contribution in [0.3, 0.4) is 0 Å². The third-order valence-electron chi connectivity index (χ3n) is 5.81. The molecule has 0 amide bonds. The van der Waals surface area contributed by atoms with Gasteiger partial charge in [0.05, 0.1) is 11.9 Å². The van der Waals surface area contributed by atoms with E-state index in [1.807, 2.05) is 0 Å². The van der Waals surface area contributed by atoms with Gasteiger partial charge in [0.2, 0.25) is 0 Å². The maximum Gasteiger partial charge on any atom is 2.00 e. The predicted octanol–water partition coefficient (Wildman–Crippen LogP) is -4.77. The van der Waals surface area contributed by atoms with E-state index in [9.17, 15) is 39.6 Å². The van der Waals surface area contributed by atoms with E-state index in [2.05, 4.69) is 10.6 Å². The Morgan fingerprint density at radius 3 is 1.17 bits per heavy atom. The van der Waals surface area contributed by atoms with Gasteiger partial charge in [0.15, 0.2) is 0 Å². The van der Waals surface area contributed by atoms with Crippen LogP contribution in [-0.4, -0.2) is 60.1 Å². The van der Waals surface area contributed by atoms with Crippen LogP contribution in [0.4, 0.5) is 0 Å². The molecule has 6 atom stereocenters. The largest absolute Gasteiger partial charge is 2.00 e. The van der Waals surface area contributed by atoms with Crippen molar-refractivity contribution in [1.29, 1.82) is 0 Å². The van der Waals surface area contributed by atoms with Crippen LogP contribution in [0.5, 0.6) is 0 Å². The summed E-state index contributed by atoms with van der Waals surface area (Å²) in [6.07, 6.45) is 7.53. The molecular weight excluding hydrogens is 838 g/mol. The molecular formula is C22H38N4O8Pt2. The molecule has 2 rings (SSSR count). The number of rotatable bonds is 9. The molecule has 14 heteroatoms. The molecule has 0 bridgehead atoms. The first-order valence-corrected chi connectivity index (χ1v) is 11.7. The minimum Gasteiger partial charge on any atom is -0.550 e. The number of carbonyl (C=O) groups is 4. The van der Waals surface area contributed by atoms with Crippen molar-refractivity contribution in [2.75, 3.05) is 0 Å². The SMILES string of the molecule is CC(N[C@@H]1CCCC[C@H]1N)C(=O)[O-].CC(N[C@@H]1CCCC[C@H]1N)C(=O)[O-].O=C([O-])CCC(=O)[O-].[Pt+2].[Pt+2]. The number of carboxylic acids is 4. The van der Waals surface area contributed by atoms with Gasteiger partial charge in [0.1, 0.15) is 0 Å². The Balaban J connectivity index is -0.000000456. The van der Waals surface area contributed by atoms with Crippen LogP contribution in [-0.2, 0) is 61.3 Å². The van der Waals surface area contributed by atoms with Crippen LogP contribution >= 0.6 is 0 Å². The van der Waals surface area contributed by atoms with Crippen LogP contribution in [0.2, 0.25) is 0 Å². The number of nitrogens with one attached hydrogen (secondary N) is 2. The van der Waals surface area contributed by atoms with E-state index in [0.717, 1.165) is 51.4 Å². The van der Waals surface area contributed by atoms with Gasteiger partial charge >= 0.3 is 42.1 Å². The molecule has 2 saturated carbocycles. The minimum absolute atomic E-state index is 0. The molecule has 2 unspecified atom stereocenters. The standard InChI is InChI=1S/2C9H18N2O2.C4H6O4.2Pt/c2*1-6(9(12)13)11-8-5-3-2-4-7(8)10;5-3(6)1-2-4(7)8;;/h2*6-8,11H,2-5,10H2,1H3,(H,12,13);1-2H2,(H,5,6)(H,7,8);;/q;;;2*+2/p-4/t2*6?,7-,8-;;;/m11.../s1. The zero-order valence-corrected chi connectivity index (χ0v) is 25.1. The van der Waals surface area contributed by atoms with Gasteiger partial charge in [-0.1, -0.05) is 25.7 Å². The molecule has 0 aliphatic heterocycles. The summed E-state index contributed by atoms with van der Waals surface area (Å²) in [5.41, 5.74) is 11.7. The molecule has 12 nitrogen and oxygen atoms in total. The van der Waals surface area contributed by atoms with E-state index < -0.39 is 48.8 Å². The number of hydrogen-bond acceptors (Lipinski definition) is 12. The fourth-order valence-electron chi connectivity index (χ4n) is 3.72. The second-order valence-corrected chi connectivity index (χ2v) is 8.77. The smallest absolute Gasteiger partial charge is 0.550 e. The minimum atomic E-state index is -1.37. The van der Waals surface area contributed by atoms with Crippen molar-refractivity contribution < 1.29 is 81.7 Å². The van der Waals surface area contributed by atoms with E-state index in [0.29, 0.717) is 0 Å². The fourth-order valence-corrected chi connectivity index (χ4v) is 3.72. The fraction of sp³-hybridized carbons (Fsp3) is 0.818. The number of aliphatic carboxylic acids is 4. The van der Waals surface area contributed by atoms with Crippen LogP contribution in [0.25, 0.3) is 0 Å². The molecule has 36 heavy (non-hydrogen) atoms. The van der Waals surface area contributed by atoms with Crippen molar-refractivity contribution >= 4 is 23.9 Å². The average Bonchev–Trinajstić information content (AvgIpc) is 2.76. The molecule has 6 N–H and O–H groups in total. The number of nitrogens with two attached hydrogens (primary N) is 2. The molecule has 0 spiro atoms. The molecule has 0 aromatic carbocycles. The molecule has 214 valence electrons. The van der Waals surface area contributed by atoms with Gasteiger partial charge in [-0.25, -0.2) is 0 Å². The molecule has 0 heterocycles. The maximum atomic E-state index is 10.5. The third-order valence-corrected chi connectivity index (χ3v) is 5.81. The zero-order chi connectivity index (χ0) is 26.3. The molecule has 2 aliphatic rings. The Morgan fingerprint density at radius 1 is 0.667 bits per heavy atom. The van der Waals surface area contributed by atoms with Crippen molar-refractivity contribution in [2.24, 2.45) is 11.5 Å². The van der Waals surface area contributed by atoms with Crippen molar-refractivity contribution in [3.05, 3.63) is 0 Å². The van der Waals surface area contributed by atoms with Gasteiger partial charge in [-0.2, -0.15) is 0 Å². The van der Waals surface area contributed by atoms with E-state index in [4.69, 9.17) is 11.5 Å². The first kappa shape index (κ1) is 39.6. The topological polar surface area (TPSA) is 237 Å². The van der Waals surface area contributed by atoms with Gasteiger partial charge < -0.3 is 61.7 Å². The van der Waals surface area contributed by atoms with Crippen molar-refractivity contribution in [2.45, 2.75) is 114 Å². The number of carbonyl (C=O) groups excluding carboxylic acids is 4. The molecule has 2 aliphatic carbocycles. The van der Waals surface area contributed by atoms with E-state index in [1.54, 1.807) is 13.8 Å². The van der Waals surface area contributed by atoms with Gasteiger partial charge in [-0.3, -0.25) is 0 Å². The molecule has 0 aromatic rings. The Labute approximate surface area is 241 Å². The summed E-state index contributed by atoms with van der Waals surface area (Å²) in [6, 6.07) is -0.738. The quantitative estimate of drug-likeness (QED) is 0.171. The van der Waals surface area contributed by atoms with E-state index in [1.165, 1.54) is 0 Å². The van der Waals surface area contributed by atoms with Gasteiger partial charge in [-0.05, 0) is 52.4 Å². The summed E-state index contributed by atoms with van der Waals surface area (Å²) in [4.78, 5) is 39.9. The Bertz CT molecular complexity index is 606. The number of hydrogen-bond donors (Lipinski definition) is 4. The predicted molar refractivity (Wildman–Crippen MR) is 115 cm³/mol. The second-order valence-electron chi connectivity index (χ2n) is 8.77. The Kier molecular flexibility index (Phi) is 24.3. The summed E-state index contributed by atoms with van der Waals surface area (Å²) < 4.78 is 0. The normalized spacial score (nSPS) is 24.4.